The van der Waals surface area contributed by atoms with Crippen molar-refractivity contribution in [2.75, 3.05) is 0 Å². The van der Waals surface area contributed by atoms with Gasteiger partial charge < -0.3 is 19.9 Å². The van der Waals surface area contributed by atoms with Crippen molar-refractivity contribution >= 4 is 0 Å². The zero-order chi connectivity index (χ0) is 17.0. The minimum atomic E-state index is 0. The van der Waals surface area contributed by atoms with Gasteiger partial charge >= 0.3 is 0 Å². The second kappa shape index (κ2) is 19.3. The van der Waals surface area contributed by atoms with Crippen LogP contribution in [0.3, 0.4) is 0 Å². The molecule has 4 rings (SSSR count). The SMILES string of the molecule is [Zn].[c-]1ccccn1.[c-]1ccccn1.[c-]1ccccn1.[c-]1ccccn1. The van der Waals surface area contributed by atoms with Crippen molar-refractivity contribution < 1.29 is 19.5 Å². The van der Waals surface area contributed by atoms with E-state index in [-0.39, 0.29) is 19.5 Å². The van der Waals surface area contributed by atoms with E-state index >= 15 is 0 Å². The number of aromatic nitrogens is 4. The summed E-state index contributed by atoms with van der Waals surface area (Å²) < 4.78 is 0. The molecular formula is C20H16N4Zn-4. The molecule has 5 heteroatoms. The molecule has 4 aromatic heterocycles. The Morgan fingerprint density at radius 3 is 0.640 bits per heavy atom. The van der Waals surface area contributed by atoms with Crippen molar-refractivity contribution in [2.24, 2.45) is 0 Å². The first-order valence-corrected chi connectivity index (χ1v) is 7.08. The van der Waals surface area contributed by atoms with Crippen molar-refractivity contribution in [1.29, 1.82) is 0 Å². The molecule has 0 atom stereocenters. The van der Waals surface area contributed by atoms with E-state index in [1.165, 1.54) is 0 Å². The summed E-state index contributed by atoms with van der Waals surface area (Å²) in [7, 11) is 0. The summed E-state index contributed by atoms with van der Waals surface area (Å²) in [6.07, 6.45) is 17.3. The van der Waals surface area contributed by atoms with Crippen LogP contribution >= 0.6 is 0 Å². The molecule has 0 saturated carbocycles. The molecule has 0 unspecified atom stereocenters. The van der Waals surface area contributed by atoms with Crippen LogP contribution in [0, 0.1) is 24.8 Å². The van der Waals surface area contributed by atoms with Gasteiger partial charge in [0.25, 0.3) is 0 Å². The van der Waals surface area contributed by atoms with E-state index in [4.69, 9.17) is 0 Å². The average molecular weight is 378 g/mol. The van der Waals surface area contributed by atoms with Crippen LogP contribution < -0.4 is 0 Å². The van der Waals surface area contributed by atoms with E-state index in [0.29, 0.717) is 0 Å². The number of nitrogens with zero attached hydrogens (tertiary/aromatic N) is 4. The maximum Gasteiger partial charge on any atom is 0 e. The van der Waals surface area contributed by atoms with Crippen LogP contribution in [-0.4, -0.2) is 19.9 Å². The van der Waals surface area contributed by atoms with Crippen molar-refractivity contribution in [2.45, 2.75) is 0 Å². The first-order valence-electron chi connectivity index (χ1n) is 7.08. The molecule has 0 aromatic carbocycles. The summed E-state index contributed by atoms with van der Waals surface area (Å²) in [6, 6.07) is 22.0. The number of hydrogen-bond donors (Lipinski definition) is 0. The quantitative estimate of drug-likeness (QED) is 0.347. The largest absolute Gasteiger partial charge is 0.394 e. The third-order valence-electron chi connectivity index (χ3n) is 2.07. The molecule has 0 N–H and O–H groups in total. The molecule has 4 nitrogen and oxygen atoms in total. The molecule has 0 radical (unpaired) electrons. The Kier molecular flexibility index (Phi) is 17.1. The van der Waals surface area contributed by atoms with E-state index in [0.717, 1.165) is 0 Å². The monoisotopic (exact) mass is 376 g/mol. The van der Waals surface area contributed by atoms with Crippen molar-refractivity contribution in [3.05, 3.63) is 122 Å². The fourth-order valence-electron chi connectivity index (χ4n) is 1.11. The van der Waals surface area contributed by atoms with Gasteiger partial charge in [-0.05, 0) is 0 Å². The minimum Gasteiger partial charge on any atom is -0.394 e. The van der Waals surface area contributed by atoms with E-state index in [1.54, 1.807) is 49.1 Å². The Morgan fingerprint density at radius 2 is 0.600 bits per heavy atom. The maximum absolute atomic E-state index is 3.66. The van der Waals surface area contributed by atoms with Crippen molar-refractivity contribution in [1.82, 2.24) is 19.9 Å². The fourth-order valence-corrected chi connectivity index (χ4v) is 1.11. The number of rotatable bonds is 0. The topological polar surface area (TPSA) is 51.6 Å². The second-order valence-corrected chi connectivity index (χ2v) is 3.84. The molecular weight excluding hydrogens is 362 g/mol. The van der Waals surface area contributed by atoms with Gasteiger partial charge in [-0.25, -0.2) is 0 Å². The van der Waals surface area contributed by atoms with Gasteiger partial charge in [-0.1, -0.05) is 49.6 Å². The molecule has 0 aliphatic carbocycles. The third-order valence-corrected chi connectivity index (χ3v) is 2.07. The summed E-state index contributed by atoms with van der Waals surface area (Å²) in [6.45, 7) is 0. The molecule has 0 saturated heterocycles. The summed E-state index contributed by atoms with van der Waals surface area (Å²) >= 11 is 0. The molecule has 0 fully saturated rings. The van der Waals surface area contributed by atoms with Gasteiger partial charge in [0.2, 0.25) is 0 Å². The molecule has 4 heterocycles. The summed E-state index contributed by atoms with van der Waals surface area (Å²) in [5, 5.41) is 0. The molecule has 25 heavy (non-hydrogen) atoms. The third kappa shape index (κ3) is 17.4. The zero-order valence-corrected chi connectivity index (χ0v) is 16.7. The molecule has 0 amide bonds. The average Bonchev–Trinajstić information content (AvgIpc) is 2.75. The smallest absolute Gasteiger partial charge is 0 e. The van der Waals surface area contributed by atoms with Crippen LogP contribution in [0.4, 0.5) is 0 Å². The van der Waals surface area contributed by atoms with E-state index in [2.05, 4.69) is 44.7 Å². The summed E-state index contributed by atoms with van der Waals surface area (Å²) in [5.74, 6) is 0. The standard InChI is InChI=1S/4C5H4N.Zn/c4*1-2-4-6-5-3-1;/h4*1-4H;/q4*-1;. The first-order chi connectivity index (χ1) is 12.0. The normalized spacial score (nSPS) is 7.68. The first kappa shape index (κ1) is 22.2. The second-order valence-electron chi connectivity index (χ2n) is 3.84. The van der Waals surface area contributed by atoms with Gasteiger partial charge in [0.15, 0.2) is 0 Å². The van der Waals surface area contributed by atoms with Crippen LogP contribution in [0.25, 0.3) is 0 Å². The van der Waals surface area contributed by atoms with Gasteiger partial charge in [0.05, 0.1) is 0 Å². The molecule has 0 spiro atoms. The van der Waals surface area contributed by atoms with Crippen molar-refractivity contribution in [3.63, 3.8) is 0 Å². The van der Waals surface area contributed by atoms with Crippen LogP contribution in [-0.2, 0) is 19.5 Å². The Morgan fingerprint density at radius 1 is 0.360 bits per heavy atom. The molecule has 0 aliphatic heterocycles. The van der Waals surface area contributed by atoms with Crippen molar-refractivity contribution in [3.8, 4) is 0 Å². The number of pyridine rings is 4. The van der Waals surface area contributed by atoms with Gasteiger partial charge in [0, 0.05) is 19.5 Å². The number of hydrogen-bond acceptors (Lipinski definition) is 4. The zero-order valence-electron chi connectivity index (χ0n) is 13.7. The fraction of sp³-hybridized carbons (Fsp3) is 0. The Labute approximate surface area is 161 Å². The predicted molar refractivity (Wildman–Crippen MR) is 92.3 cm³/mol. The van der Waals surface area contributed by atoms with E-state index in [9.17, 15) is 0 Å². The van der Waals surface area contributed by atoms with E-state index in [1.807, 2.05) is 48.5 Å². The Bertz CT molecular complexity index is 436. The van der Waals surface area contributed by atoms with Crippen LogP contribution in [0.5, 0.6) is 0 Å². The van der Waals surface area contributed by atoms with E-state index < -0.39 is 0 Å². The van der Waals surface area contributed by atoms with Gasteiger partial charge in [-0.15, -0.1) is 0 Å². The van der Waals surface area contributed by atoms with Crippen LogP contribution in [0.15, 0.2) is 97.6 Å². The van der Waals surface area contributed by atoms with Gasteiger partial charge in [0.1, 0.15) is 0 Å². The Hall–Kier alpha value is -2.78. The van der Waals surface area contributed by atoms with Crippen LogP contribution in [0.2, 0.25) is 0 Å². The maximum atomic E-state index is 3.66. The van der Waals surface area contributed by atoms with Gasteiger partial charge in [-0.2, -0.15) is 72.8 Å². The summed E-state index contributed by atoms with van der Waals surface area (Å²) in [5.41, 5.74) is 0. The molecule has 122 valence electrons. The molecule has 0 aliphatic rings. The molecule has 0 bridgehead atoms. The molecule has 4 aromatic rings. The summed E-state index contributed by atoms with van der Waals surface area (Å²) in [4.78, 5) is 14.6. The Balaban J connectivity index is 0.000000303. The predicted octanol–water partition coefficient (Wildman–Crippen LogP) is 3.52. The minimum absolute atomic E-state index is 0. The van der Waals surface area contributed by atoms with Crippen LogP contribution in [0.1, 0.15) is 0 Å². The van der Waals surface area contributed by atoms with Gasteiger partial charge in [-0.3, -0.25) is 0 Å².